The highest BCUT2D eigenvalue weighted by atomic mass is 16.1. The van der Waals surface area contributed by atoms with Crippen LogP contribution in [0.4, 0.5) is 5.69 Å². The highest BCUT2D eigenvalue weighted by Crippen LogP contribution is 2.27. The van der Waals surface area contributed by atoms with E-state index < -0.39 is 0 Å². The maximum Gasteiger partial charge on any atom is 0.238 e. The summed E-state index contributed by atoms with van der Waals surface area (Å²) in [7, 11) is 0. The van der Waals surface area contributed by atoms with Gasteiger partial charge in [-0.25, -0.2) is 0 Å². The molecule has 0 spiro atoms. The molecule has 0 heterocycles. The van der Waals surface area contributed by atoms with E-state index in [4.69, 9.17) is 0 Å². The molecular formula is C16H24N2O. The van der Waals surface area contributed by atoms with Crippen molar-refractivity contribution >= 4 is 11.6 Å². The van der Waals surface area contributed by atoms with Crippen LogP contribution in [0.15, 0.2) is 24.3 Å². The molecule has 1 aliphatic carbocycles. The van der Waals surface area contributed by atoms with Crippen molar-refractivity contribution in [3.8, 4) is 0 Å². The van der Waals surface area contributed by atoms with Crippen LogP contribution in [-0.4, -0.2) is 19.0 Å². The van der Waals surface area contributed by atoms with Gasteiger partial charge in [0.2, 0.25) is 5.91 Å². The van der Waals surface area contributed by atoms with Crippen molar-refractivity contribution in [3.63, 3.8) is 0 Å². The van der Waals surface area contributed by atoms with Crippen molar-refractivity contribution in [3.05, 3.63) is 29.8 Å². The Labute approximate surface area is 115 Å². The Balaban J connectivity index is 1.79. The third-order valence-electron chi connectivity index (χ3n) is 3.45. The lowest BCUT2D eigenvalue weighted by atomic mass is 9.87. The number of rotatable bonds is 5. The fourth-order valence-electron chi connectivity index (χ4n) is 1.97. The zero-order valence-electron chi connectivity index (χ0n) is 12.1. The van der Waals surface area contributed by atoms with Crippen LogP contribution in [-0.2, 0) is 10.2 Å². The Morgan fingerprint density at radius 2 is 1.84 bits per heavy atom. The summed E-state index contributed by atoms with van der Waals surface area (Å²) >= 11 is 0. The standard InChI is InChI=1S/C16H24N2O/c1-16(2,3)13-6-8-14(9-7-13)18-15(19)11-17-10-12-4-5-12/h6-9,12,17H,4-5,10-11H2,1-3H3,(H,18,19). The molecule has 0 atom stereocenters. The van der Waals surface area contributed by atoms with Gasteiger partial charge in [-0.1, -0.05) is 32.9 Å². The van der Waals surface area contributed by atoms with Crippen LogP contribution in [0.1, 0.15) is 39.2 Å². The number of hydrogen-bond acceptors (Lipinski definition) is 2. The van der Waals surface area contributed by atoms with Crippen LogP contribution in [0.3, 0.4) is 0 Å². The second-order valence-corrected chi connectivity index (χ2v) is 6.45. The maximum atomic E-state index is 11.7. The molecule has 0 radical (unpaired) electrons. The van der Waals surface area contributed by atoms with Crippen LogP contribution in [0.2, 0.25) is 0 Å². The van der Waals surface area contributed by atoms with Gasteiger partial charge in [0.1, 0.15) is 0 Å². The lowest BCUT2D eigenvalue weighted by Gasteiger charge is -2.19. The lowest BCUT2D eigenvalue weighted by Crippen LogP contribution is -2.29. The van der Waals surface area contributed by atoms with Crippen LogP contribution >= 0.6 is 0 Å². The molecule has 1 amide bonds. The van der Waals surface area contributed by atoms with E-state index in [0.29, 0.717) is 6.54 Å². The molecule has 104 valence electrons. The fourth-order valence-corrected chi connectivity index (χ4v) is 1.97. The first kappa shape index (κ1) is 14.1. The summed E-state index contributed by atoms with van der Waals surface area (Å²) < 4.78 is 0. The zero-order valence-corrected chi connectivity index (χ0v) is 12.1. The van der Waals surface area contributed by atoms with Crippen molar-refractivity contribution in [2.75, 3.05) is 18.4 Å². The smallest absolute Gasteiger partial charge is 0.238 e. The number of amides is 1. The quantitative estimate of drug-likeness (QED) is 0.854. The minimum Gasteiger partial charge on any atom is -0.325 e. The molecule has 1 aromatic rings. The first-order valence-electron chi connectivity index (χ1n) is 7.06. The van der Waals surface area contributed by atoms with Crippen molar-refractivity contribution in [1.29, 1.82) is 0 Å². The van der Waals surface area contributed by atoms with Gasteiger partial charge in [-0.3, -0.25) is 4.79 Å². The molecule has 0 bridgehead atoms. The van der Waals surface area contributed by atoms with Crippen LogP contribution < -0.4 is 10.6 Å². The Morgan fingerprint density at radius 1 is 1.21 bits per heavy atom. The molecule has 3 heteroatoms. The van der Waals surface area contributed by atoms with Gasteiger partial charge in [0.25, 0.3) is 0 Å². The van der Waals surface area contributed by atoms with E-state index in [1.54, 1.807) is 0 Å². The lowest BCUT2D eigenvalue weighted by molar-refractivity contribution is -0.115. The number of hydrogen-bond donors (Lipinski definition) is 2. The number of anilines is 1. The van der Waals surface area contributed by atoms with Gasteiger partial charge in [0.05, 0.1) is 6.54 Å². The number of carbonyl (C=O) groups excluding carboxylic acids is 1. The van der Waals surface area contributed by atoms with Gasteiger partial charge in [-0.2, -0.15) is 0 Å². The predicted molar refractivity (Wildman–Crippen MR) is 79.4 cm³/mol. The molecule has 0 unspecified atom stereocenters. The molecule has 1 fully saturated rings. The van der Waals surface area contributed by atoms with Crippen LogP contribution in [0.25, 0.3) is 0 Å². The zero-order chi connectivity index (χ0) is 13.9. The summed E-state index contributed by atoms with van der Waals surface area (Å²) in [5.74, 6) is 0.836. The molecule has 3 nitrogen and oxygen atoms in total. The summed E-state index contributed by atoms with van der Waals surface area (Å²) in [5.41, 5.74) is 2.29. The minimum absolute atomic E-state index is 0.0316. The van der Waals surface area contributed by atoms with Crippen LogP contribution in [0.5, 0.6) is 0 Å². The molecule has 0 aromatic heterocycles. The average molecular weight is 260 g/mol. The Morgan fingerprint density at radius 3 is 2.37 bits per heavy atom. The van der Waals surface area contributed by atoms with Gasteiger partial charge in [-0.15, -0.1) is 0 Å². The Bertz CT molecular complexity index is 427. The third-order valence-corrected chi connectivity index (χ3v) is 3.45. The van der Waals surface area contributed by atoms with Crippen molar-refractivity contribution < 1.29 is 4.79 Å². The largest absolute Gasteiger partial charge is 0.325 e. The summed E-state index contributed by atoms with van der Waals surface area (Å²) in [6, 6.07) is 8.10. The van der Waals surface area contributed by atoms with Crippen molar-refractivity contribution in [1.82, 2.24) is 5.32 Å². The van der Waals surface area contributed by atoms with Gasteiger partial charge >= 0.3 is 0 Å². The number of nitrogens with one attached hydrogen (secondary N) is 2. The van der Waals surface area contributed by atoms with Crippen LogP contribution in [0, 0.1) is 5.92 Å². The average Bonchev–Trinajstić information content (AvgIpc) is 3.12. The highest BCUT2D eigenvalue weighted by Gasteiger charge is 2.20. The van der Waals surface area contributed by atoms with Gasteiger partial charge < -0.3 is 10.6 Å². The maximum absolute atomic E-state index is 11.7. The van der Waals surface area contributed by atoms with E-state index in [1.807, 2.05) is 12.1 Å². The summed E-state index contributed by atoms with van der Waals surface area (Å²) in [5, 5.41) is 6.10. The molecule has 0 saturated heterocycles. The van der Waals surface area contributed by atoms with Crippen molar-refractivity contribution in [2.45, 2.75) is 39.0 Å². The van der Waals surface area contributed by atoms with E-state index in [0.717, 1.165) is 18.2 Å². The van der Waals surface area contributed by atoms with E-state index in [9.17, 15) is 4.79 Å². The van der Waals surface area contributed by atoms with E-state index in [2.05, 4.69) is 43.5 Å². The first-order valence-corrected chi connectivity index (χ1v) is 7.06. The summed E-state index contributed by atoms with van der Waals surface area (Å²) in [4.78, 5) is 11.7. The minimum atomic E-state index is 0.0316. The molecule has 0 aliphatic heterocycles. The molecule has 1 aromatic carbocycles. The fraction of sp³-hybridized carbons (Fsp3) is 0.562. The van der Waals surface area contributed by atoms with E-state index in [-0.39, 0.29) is 11.3 Å². The molecule has 1 saturated carbocycles. The summed E-state index contributed by atoms with van der Waals surface area (Å²) in [6.45, 7) is 7.92. The van der Waals surface area contributed by atoms with Crippen molar-refractivity contribution in [2.24, 2.45) is 5.92 Å². The number of benzene rings is 1. The SMILES string of the molecule is CC(C)(C)c1ccc(NC(=O)CNCC2CC2)cc1. The van der Waals surface area contributed by atoms with Gasteiger partial charge in [-0.05, 0) is 48.4 Å². The summed E-state index contributed by atoms with van der Waals surface area (Å²) in [6.07, 6.45) is 2.62. The molecule has 19 heavy (non-hydrogen) atoms. The van der Waals surface area contributed by atoms with E-state index >= 15 is 0 Å². The second-order valence-electron chi connectivity index (χ2n) is 6.45. The monoisotopic (exact) mass is 260 g/mol. The van der Waals surface area contributed by atoms with Gasteiger partial charge in [0.15, 0.2) is 0 Å². The number of carbonyl (C=O) groups is 1. The first-order chi connectivity index (χ1) is 8.95. The Kier molecular flexibility index (Phi) is 4.25. The molecular weight excluding hydrogens is 236 g/mol. The third kappa shape index (κ3) is 4.67. The van der Waals surface area contributed by atoms with E-state index in [1.165, 1.54) is 18.4 Å². The molecule has 1 aliphatic rings. The predicted octanol–water partition coefficient (Wildman–Crippen LogP) is 2.92. The highest BCUT2D eigenvalue weighted by molar-refractivity contribution is 5.92. The molecule has 2 N–H and O–H groups in total. The topological polar surface area (TPSA) is 41.1 Å². The normalized spacial score (nSPS) is 15.3. The molecule has 2 rings (SSSR count). The van der Waals surface area contributed by atoms with Gasteiger partial charge in [0, 0.05) is 5.69 Å². The second kappa shape index (κ2) is 5.74. The Hall–Kier alpha value is -1.35.